The maximum Gasteiger partial charge on any atom is 0.305 e. The number of ether oxygens (including phenoxy) is 1. The normalized spacial score (nSPS) is 11.5. The van der Waals surface area contributed by atoms with Crippen molar-refractivity contribution >= 4 is 5.97 Å². The molecule has 0 amide bonds. The quantitative estimate of drug-likeness (QED) is 0.0725. The van der Waals surface area contributed by atoms with Crippen molar-refractivity contribution in [2.24, 2.45) is 5.92 Å². The van der Waals surface area contributed by atoms with Crippen LogP contribution in [0.5, 0.6) is 0 Å². The molecule has 0 atom stereocenters. The van der Waals surface area contributed by atoms with Gasteiger partial charge < -0.3 is 10.1 Å². The van der Waals surface area contributed by atoms with Gasteiger partial charge in [-0.25, -0.2) is 0 Å². The molecule has 0 unspecified atom stereocenters. The Morgan fingerprint density at radius 2 is 0.892 bits per heavy atom. The number of unbranched alkanes of at least 4 members (excludes halogenated alkanes) is 19. The lowest BCUT2D eigenvalue weighted by Crippen LogP contribution is -2.16. The summed E-state index contributed by atoms with van der Waals surface area (Å²) in [5.74, 6) is 0.611. The molecule has 0 aliphatic rings. The van der Waals surface area contributed by atoms with Crippen molar-refractivity contribution in [3.8, 4) is 0 Å². The SMILES string of the molecule is CCCCCCCCCCNCCCCCCCC(=O)OCC(CCCCCCC)CCCCCCC. The summed E-state index contributed by atoms with van der Waals surface area (Å²) in [6, 6.07) is 0. The van der Waals surface area contributed by atoms with Gasteiger partial charge in [0, 0.05) is 6.42 Å². The monoisotopic (exact) mass is 524 g/mol. The van der Waals surface area contributed by atoms with Crippen molar-refractivity contribution in [2.45, 2.75) is 188 Å². The minimum atomic E-state index is 0.0361. The fourth-order valence-electron chi connectivity index (χ4n) is 5.23. The predicted molar refractivity (Wildman–Crippen MR) is 164 cm³/mol. The Bertz CT molecular complexity index is 426. The van der Waals surface area contributed by atoms with Crippen LogP contribution in [0.4, 0.5) is 0 Å². The molecule has 0 aromatic rings. The van der Waals surface area contributed by atoms with E-state index in [9.17, 15) is 4.79 Å². The number of carbonyl (C=O) groups is 1. The Morgan fingerprint density at radius 3 is 1.35 bits per heavy atom. The number of nitrogens with one attached hydrogen (secondary N) is 1. The van der Waals surface area contributed by atoms with Gasteiger partial charge >= 0.3 is 5.97 Å². The van der Waals surface area contributed by atoms with Crippen LogP contribution in [0.1, 0.15) is 188 Å². The average Bonchev–Trinajstić information content (AvgIpc) is 2.90. The van der Waals surface area contributed by atoms with E-state index in [1.165, 1.54) is 154 Å². The highest BCUT2D eigenvalue weighted by Crippen LogP contribution is 2.20. The van der Waals surface area contributed by atoms with E-state index in [-0.39, 0.29) is 5.97 Å². The van der Waals surface area contributed by atoms with Gasteiger partial charge in [0.05, 0.1) is 6.61 Å². The molecule has 0 aromatic heterocycles. The Hall–Kier alpha value is -0.570. The minimum Gasteiger partial charge on any atom is -0.465 e. The average molecular weight is 524 g/mol. The van der Waals surface area contributed by atoms with Crippen molar-refractivity contribution in [3.05, 3.63) is 0 Å². The molecule has 0 saturated carbocycles. The number of hydrogen-bond donors (Lipinski definition) is 1. The van der Waals surface area contributed by atoms with E-state index in [0.717, 1.165) is 19.4 Å². The van der Waals surface area contributed by atoms with Crippen molar-refractivity contribution in [1.82, 2.24) is 5.32 Å². The first-order chi connectivity index (χ1) is 18.2. The zero-order valence-corrected chi connectivity index (χ0v) is 25.9. The van der Waals surface area contributed by atoms with Crippen LogP contribution in [-0.2, 0) is 9.53 Å². The van der Waals surface area contributed by atoms with Crippen molar-refractivity contribution in [2.75, 3.05) is 19.7 Å². The Balaban J connectivity index is 3.64. The second-order valence-electron chi connectivity index (χ2n) is 11.7. The number of carbonyl (C=O) groups excluding carboxylic acids is 1. The topological polar surface area (TPSA) is 38.3 Å². The first kappa shape index (κ1) is 36.4. The molecule has 222 valence electrons. The molecule has 3 heteroatoms. The zero-order chi connectivity index (χ0) is 27.1. The maximum absolute atomic E-state index is 12.3. The van der Waals surface area contributed by atoms with Gasteiger partial charge in [-0.15, -0.1) is 0 Å². The standard InChI is InChI=1S/C34H69NO2/c1-4-7-10-13-14-15-20-25-30-35-31-26-21-16-19-24-29-34(36)37-32-33(27-22-17-11-8-5-2)28-23-18-12-9-6-3/h33,35H,4-32H2,1-3H3. The lowest BCUT2D eigenvalue weighted by Gasteiger charge is -2.17. The molecule has 1 N–H and O–H groups in total. The van der Waals surface area contributed by atoms with Crippen LogP contribution in [-0.4, -0.2) is 25.7 Å². The van der Waals surface area contributed by atoms with Gasteiger partial charge in [0.2, 0.25) is 0 Å². The molecular weight excluding hydrogens is 454 g/mol. The molecule has 0 spiro atoms. The Labute approximate surface area is 234 Å². The summed E-state index contributed by atoms with van der Waals surface area (Å²) in [7, 11) is 0. The molecule has 0 saturated heterocycles. The third kappa shape index (κ3) is 29.8. The van der Waals surface area contributed by atoms with Gasteiger partial charge in [-0.05, 0) is 51.1 Å². The van der Waals surface area contributed by atoms with E-state index in [4.69, 9.17) is 4.74 Å². The molecule has 0 aliphatic carbocycles. The van der Waals surface area contributed by atoms with Crippen LogP contribution in [0, 0.1) is 5.92 Å². The minimum absolute atomic E-state index is 0.0361. The van der Waals surface area contributed by atoms with E-state index in [0.29, 0.717) is 18.9 Å². The number of esters is 1. The zero-order valence-electron chi connectivity index (χ0n) is 25.9. The first-order valence-corrected chi connectivity index (χ1v) is 17.1. The molecule has 3 nitrogen and oxygen atoms in total. The fraction of sp³-hybridized carbons (Fsp3) is 0.971. The molecule has 0 rings (SSSR count). The number of rotatable bonds is 31. The third-order valence-electron chi connectivity index (χ3n) is 7.85. The van der Waals surface area contributed by atoms with Crippen LogP contribution >= 0.6 is 0 Å². The van der Waals surface area contributed by atoms with E-state index >= 15 is 0 Å². The lowest BCUT2D eigenvalue weighted by atomic mass is 9.95. The summed E-state index contributed by atoms with van der Waals surface area (Å²) in [6.07, 6.45) is 33.4. The van der Waals surface area contributed by atoms with E-state index < -0.39 is 0 Å². The van der Waals surface area contributed by atoms with Gasteiger partial charge in [-0.3, -0.25) is 4.79 Å². The Morgan fingerprint density at radius 1 is 0.514 bits per heavy atom. The molecule has 0 aromatic carbocycles. The molecule has 0 heterocycles. The van der Waals surface area contributed by atoms with E-state index in [2.05, 4.69) is 26.1 Å². The highest BCUT2D eigenvalue weighted by atomic mass is 16.5. The Kier molecular flexibility index (Phi) is 31.2. The van der Waals surface area contributed by atoms with Crippen LogP contribution < -0.4 is 5.32 Å². The third-order valence-corrected chi connectivity index (χ3v) is 7.85. The molecule has 0 aliphatic heterocycles. The highest BCUT2D eigenvalue weighted by Gasteiger charge is 2.12. The summed E-state index contributed by atoms with van der Waals surface area (Å²) in [5, 5.41) is 3.61. The molecule has 0 radical (unpaired) electrons. The highest BCUT2D eigenvalue weighted by molar-refractivity contribution is 5.69. The molecule has 37 heavy (non-hydrogen) atoms. The first-order valence-electron chi connectivity index (χ1n) is 17.1. The summed E-state index contributed by atoms with van der Waals surface area (Å²) in [4.78, 5) is 12.3. The van der Waals surface area contributed by atoms with Crippen molar-refractivity contribution < 1.29 is 9.53 Å². The van der Waals surface area contributed by atoms with E-state index in [1.54, 1.807) is 0 Å². The van der Waals surface area contributed by atoms with Crippen molar-refractivity contribution in [3.63, 3.8) is 0 Å². The summed E-state index contributed by atoms with van der Waals surface area (Å²) in [5.41, 5.74) is 0. The van der Waals surface area contributed by atoms with Crippen LogP contribution in [0.25, 0.3) is 0 Å². The van der Waals surface area contributed by atoms with Gasteiger partial charge in [-0.2, -0.15) is 0 Å². The predicted octanol–water partition coefficient (Wildman–Crippen LogP) is 10.9. The summed E-state index contributed by atoms with van der Waals surface area (Å²) < 4.78 is 5.74. The summed E-state index contributed by atoms with van der Waals surface area (Å²) >= 11 is 0. The van der Waals surface area contributed by atoms with Gasteiger partial charge in [0.25, 0.3) is 0 Å². The second-order valence-corrected chi connectivity index (χ2v) is 11.7. The second kappa shape index (κ2) is 31.6. The van der Waals surface area contributed by atoms with Crippen LogP contribution in [0.2, 0.25) is 0 Å². The maximum atomic E-state index is 12.3. The van der Waals surface area contributed by atoms with Gasteiger partial charge in [0.15, 0.2) is 0 Å². The molecular formula is C34H69NO2. The summed E-state index contributed by atoms with van der Waals surface area (Å²) in [6.45, 7) is 9.82. The lowest BCUT2D eigenvalue weighted by molar-refractivity contribution is -0.145. The molecule has 0 bridgehead atoms. The molecule has 0 fully saturated rings. The van der Waals surface area contributed by atoms with E-state index in [1.807, 2.05) is 0 Å². The smallest absolute Gasteiger partial charge is 0.305 e. The van der Waals surface area contributed by atoms with Crippen molar-refractivity contribution in [1.29, 1.82) is 0 Å². The van der Waals surface area contributed by atoms with Crippen LogP contribution in [0.15, 0.2) is 0 Å². The fourth-order valence-corrected chi connectivity index (χ4v) is 5.23. The largest absolute Gasteiger partial charge is 0.465 e. The van der Waals surface area contributed by atoms with Crippen LogP contribution in [0.3, 0.4) is 0 Å². The number of hydrogen-bond acceptors (Lipinski definition) is 3. The van der Waals surface area contributed by atoms with Gasteiger partial charge in [-0.1, -0.05) is 149 Å². The van der Waals surface area contributed by atoms with Gasteiger partial charge in [0.1, 0.15) is 0 Å².